The lowest BCUT2D eigenvalue weighted by atomic mass is 10.1. The van der Waals surface area contributed by atoms with Crippen LogP contribution < -0.4 is 10.6 Å². The second-order valence-electron chi connectivity index (χ2n) is 5.04. The molecule has 0 aliphatic carbocycles. The number of thiazole rings is 1. The Hall–Kier alpha value is -0.950. The number of aromatic nitrogens is 1. The van der Waals surface area contributed by atoms with Gasteiger partial charge in [0.1, 0.15) is 9.88 Å². The van der Waals surface area contributed by atoms with Crippen LogP contribution in [0.3, 0.4) is 0 Å². The Morgan fingerprint density at radius 2 is 2.14 bits per heavy atom. The third-order valence-electron chi connectivity index (χ3n) is 3.46. The van der Waals surface area contributed by atoms with E-state index >= 15 is 0 Å². The van der Waals surface area contributed by atoms with Crippen molar-refractivity contribution < 1.29 is 4.79 Å². The van der Waals surface area contributed by atoms with E-state index < -0.39 is 0 Å². The lowest BCUT2D eigenvalue weighted by Gasteiger charge is -2.23. The van der Waals surface area contributed by atoms with Gasteiger partial charge in [-0.1, -0.05) is 11.6 Å². The van der Waals surface area contributed by atoms with Crippen molar-refractivity contribution >= 4 is 40.2 Å². The summed E-state index contributed by atoms with van der Waals surface area (Å²) in [5, 5.41) is 7.27. The average Bonchev–Trinajstić information content (AvgIpc) is 3.06. The number of rotatable bonds is 3. The zero-order valence-corrected chi connectivity index (χ0v) is 14.0. The van der Waals surface area contributed by atoms with Crippen LogP contribution in [-0.4, -0.2) is 30.0 Å². The van der Waals surface area contributed by atoms with Crippen LogP contribution in [0.1, 0.15) is 28.2 Å². The molecular weight excluding hydrogens is 326 g/mol. The van der Waals surface area contributed by atoms with Crippen molar-refractivity contribution in [2.45, 2.75) is 25.8 Å². The van der Waals surface area contributed by atoms with Crippen LogP contribution in [0.4, 0.5) is 0 Å². The van der Waals surface area contributed by atoms with Gasteiger partial charge in [-0.3, -0.25) is 4.79 Å². The van der Waals surface area contributed by atoms with Gasteiger partial charge >= 0.3 is 0 Å². The molecule has 0 atom stereocenters. The molecule has 21 heavy (non-hydrogen) atoms. The number of thiophene rings is 1. The molecule has 2 aromatic rings. The van der Waals surface area contributed by atoms with Crippen molar-refractivity contribution in [1.82, 2.24) is 15.6 Å². The highest BCUT2D eigenvalue weighted by atomic mass is 35.5. The maximum atomic E-state index is 12.4. The van der Waals surface area contributed by atoms with Crippen LogP contribution in [0.15, 0.2) is 12.1 Å². The first-order valence-corrected chi connectivity index (χ1v) is 8.89. The molecule has 0 saturated carbocycles. The van der Waals surface area contributed by atoms with E-state index in [1.807, 2.05) is 19.1 Å². The van der Waals surface area contributed by atoms with Crippen LogP contribution in [0.2, 0.25) is 4.34 Å². The second kappa shape index (κ2) is 6.44. The first-order chi connectivity index (χ1) is 10.1. The summed E-state index contributed by atoms with van der Waals surface area (Å²) in [6.07, 6.45) is 1.97. The van der Waals surface area contributed by atoms with Gasteiger partial charge < -0.3 is 10.6 Å². The van der Waals surface area contributed by atoms with E-state index in [1.54, 1.807) is 0 Å². The summed E-state index contributed by atoms with van der Waals surface area (Å²) in [5.41, 5.74) is 0.783. The van der Waals surface area contributed by atoms with Crippen molar-refractivity contribution in [2.75, 3.05) is 13.1 Å². The maximum absolute atomic E-state index is 12.4. The third-order valence-corrected chi connectivity index (χ3v) is 6.02. The SMILES string of the molecule is Cc1nc(-c2ccc(Cl)s2)sc1C(=O)NC1CCNCC1. The highest BCUT2D eigenvalue weighted by molar-refractivity contribution is 7.24. The minimum Gasteiger partial charge on any atom is -0.348 e. The number of hydrogen-bond donors (Lipinski definition) is 2. The normalized spacial score (nSPS) is 16.1. The van der Waals surface area contributed by atoms with Gasteiger partial charge in [-0.2, -0.15) is 0 Å². The Balaban J connectivity index is 1.75. The van der Waals surface area contributed by atoms with Gasteiger partial charge in [0.05, 0.1) is 14.9 Å². The Bertz CT molecular complexity index is 646. The number of carbonyl (C=O) groups is 1. The van der Waals surface area contributed by atoms with Gasteiger partial charge in [0.25, 0.3) is 5.91 Å². The Kier molecular flexibility index (Phi) is 4.59. The van der Waals surface area contributed by atoms with E-state index in [0.717, 1.165) is 45.8 Å². The predicted octanol–water partition coefficient (Wildman–Crippen LogP) is 3.32. The lowest BCUT2D eigenvalue weighted by Crippen LogP contribution is -2.42. The Labute approximate surface area is 136 Å². The summed E-state index contributed by atoms with van der Waals surface area (Å²) in [4.78, 5) is 18.6. The molecule has 1 aliphatic heterocycles. The summed E-state index contributed by atoms with van der Waals surface area (Å²) < 4.78 is 0.735. The van der Waals surface area contributed by atoms with Gasteiger partial charge in [0.2, 0.25) is 0 Å². The van der Waals surface area contributed by atoms with Crippen LogP contribution in [0.5, 0.6) is 0 Å². The molecule has 3 heterocycles. The van der Waals surface area contributed by atoms with Gasteiger partial charge in [-0.25, -0.2) is 4.98 Å². The molecule has 0 spiro atoms. The highest BCUT2D eigenvalue weighted by Crippen LogP contribution is 2.34. The molecule has 1 amide bonds. The standard InChI is InChI=1S/C14H16ClN3OS2/c1-8-12(13(19)18-9-4-6-16-7-5-9)21-14(17-8)10-2-3-11(15)20-10/h2-3,9,16H,4-7H2,1H3,(H,18,19). The molecule has 1 fully saturated rings. The van der Waals surface area contributed by atoms with E-state index in [9.17, 15) is 4.79 Å². The molecule has 0 radical (unpaired) electrons. The van der Waals surface area contributed by atoms with Crippen molar-refractivity contribution in [1.29, 1.82) is 0 Å². The van der Waals surface area contributed by atoms with Crippen molar-refractivity contribution in [3.05, 3.63) is 27.0 Å². The average molecular weight is 342 g/mol. The summed E-state index contributed by atoms with van der Waals surface area (Å²) in [6, 6.07) is 4.06. The predicted molar refractivity (Wildman–Crippen MR) is 88.5 cm³/mol. The van der Waals surface area contributed by atoms with Gasteiger partial charge in [0, 0.05) is 6.04 Å². The number of amides is 1. The van der Waals surface area contributed by atoms with E-state index in [4.69, 9.17) is 11.6 Å². The minimum atomic E-state index is -0.00852. The van der Waals surface area contributed by atoms with E-state index in [-0.39, 0.29) is 11.9 Å². The smallest absolute Gasteiger partial charge is 0.263 e. The molecule has 2 N–H and O–H groups in total. The number of nitrogens with one attached hydrogen (secondary N) is 2. The molecular formula is C14H16ClN3OS2. The molecule has 1 aliphatic rings. The summed E-state index contributed by atoms with van der Waals surface area (Å²) >= 11 is 8.88. The number of halogens is 1. The first kappa shape index (κ1) is 15.0. The number of nitrogens with zero attached hydrogens (tertiary/aromatic N) is 1. The second-order valence-corrected chi connectivity index (χ2v) is 7.75. The van der Waals surface area contributed by atoms with Gasteiger partial charge in [-0.05, 0) is 45.0 Å². The monoisotopic (exact) mass is 341 g/mol. The van der Waals surface area contributed by atoms with Crippen LogP contribution in [0.25, 0.3) is 9.88 Å². The molecule has 7 heteroatoms. The van der Waals surface area contributed by atoms with E-state index in [2.05, 4.69) is 15.6 Å². The van der Waals surface area contributed by atoms with E-state index in [1.165, 1.54) is 22.7 Å². The molecule has 1 saturated heterocycles. The van der Waals surface area contributed by atoms with Crippen molar-refractivity contribution in [3.8, 4) is 9.88 Å². The number of carbonyl (C=O) groups excluding carboxylic acids is 1. The molecule has 0 unspecified atom stereocenters. The lowest BCUT2D eigenvalue weighted by molar-refractivity contribution is 0.0933. The van der Waals surface area contributed by atoms with Crippen LogP contribution in [-0.2, 0) is 0 Å². The summed E-state index contributed by atoms with van der Waals surface area (Å²) in [6.45, 7) is 3.81. The zero-order chi connectivity index (χ0) is 14.8. The molecule has 112 valence electrons. The van der Waals surface area contributed by atoms with Crippen molar-refractivity contribution in [3.63, 3.8) is 0 Å². The molecule has 3 rings (SSSR count). The number of piperidine rings is 1. The molecule has 2 aromatic heterocycles. The largest absolute Gasteiger partial charge is 0.348 e. The number of aryl methyl sites for hydroxylation is 1. The van der Waals surface area contributed by atoms with Crippen LogP contribution in [0, 0.1) is 6.92 Å². The number of hydrogen-bond acceptors (Lipinski definition) is 5. The Morgan fingerprint density at radius 3 is 2.81 bits per heavy atom. The molecule has 0 bridgehead atoms. The van der Waals surface area contributed by atoms with Crippen molar-refractivity contribution in [2.24, 2.45) is 0 Å². The minimum absolute atomic E-state index is 0.00852. The summed E-state index contributed by atoms with van der Waals surface area (Å²) in [7, 11) is 0. The van der Waals surface area contributed by atoms with Crippen LogP contribution >= 0.6 is 34.3 Å². The van der Waals surface area contributed by atoms with Gasteiger partial charge in [-0.15, -0.1) is 22.7 Å². The first-order valence-electron chi connectivity index (χ1n) is 6.88. The molecule has 0 aromatic carbocycles. The van der Waals surface area contributed by atoms with E-state index in [0.29, 0.717) is 4.88 Å². The fourth-order valence-corrected chi connectivity index (χ4v) is 4.43. The highest BCUT2D eigenvalue weighted by Gasteiger charge is 2.21. The quantitative estimate of drug-likeness (QED) is 0.900. The van der Waals surface area contributed by atoms with Gasteiger partial charge in [0.15, 0.2) is 0 Å². The zero-order valence-electron chi connectivity index (χ0n) is 11.6. The fourth-order valence-electron chi connectivity index (χ4n) is 2.36. The molecule has 4 nitrogen and oxygen atoms in total. The maximum Gasteiger partial charge on any atom is 0.263 e. The fraction of sp³-hybridized carbons (Fsp3) is 0.429. The Morgan fingerprint density at radius 1 is 1.38 bits per heavy atom. The topological polar surface area (TPSA) is 54.0 Å². The summed E-state index contributed by atoms with van der Waals surface area (Å²) in [5.74, 6) is -0.00852. The third kappa shape index (κ3) is 3.45.